The zero-order valence-electron chi connectivity index (χ0n) is 11.1. The Morgan fingerprint density at radius 1 is 1.22 bits per heavy atom. The van der Waals surface area contributed by atoms with Crippen LogP contribution in [-0.2, 0) is 10.2 Å². The minimum Gasteiger partial charge on any atom is -0.379 e. The molecule has 2 nitrogen and oxygen atoms in total. The van der Waals surface area contributed by atoms with Gasteiger partial charge in [0.15, 0.2) is 0 Å². The molecule has 0 aromatic heterocycles. The highest BCUT2D eigenvalue weighted by atomic mass is 32.2. The number of nitrogens with one attached hydrogen (secondary N) is 1. The van der Waals surface area contributed by atoms with Crippen molar-refractivity contribution in [2.24, 2.45) is 5.92 Å². The van der Waals surface area contributed by atoms with Crippen molar-refractivity contribution in [2.75, 3.05) is 26.3 Å². The largest absolute Gasteiger partial charge is 0.379 e. The predicted molar refractivity (Wildman–Crippen MR) is 76.3 cm³/mol. The lowest BCUT2D eigenvalue weighted by molar-refractivity contribution is -0.101. The summed E-state index contributed by atoms with van der Waals surface area (Å²) >= 11 is 1.93. The van der Waals surface area contributed by atoms with Gasteiger partial charge in [0.1, 0.15) is 0 Å². The van der Waals surface area contributed by atoms with E-state index in [-0.39, 0.29) is 0 Å². The van der Waals surface area contributed by atoms with Gasteiger partial charge < -0.3 is 10.1 Å². The fraction of sp³-hybridized carbons (Fsp3) is 0.600. The summed E-state index contributed by atoms with van der Waals surface area (Å²) in [6, 6.07) is 9.16. The Morgan fingerprint density at radius 3 is 2.28 bits per heavy atom. The molecule has 2 fully saturated rings. The lowest BCUT2D eigenvalue weighted by Crippen LogP contribution is -2.62. The summed E-state index contributed by atoms with van der Waals surface area (Å²) < 4.78 is 5.51. The fourth-order valence-electron chi connectivity index (χ4n) is 2.78. The van der Waals surface area contributed by atoms with E-state index in [1.54, 1.807) is 0 Å². The van der Waals surface area contributed by atoms with Crippen LogP contribution in [0.5, 0.6) is 0 Å². The van der Waals surface area contributed by atoms with E-state index in [9.17, 15) is 0 Å². The summed E-state index contributed by atoms with van der Waals surface area (Å²) in [5.41, 5.74) is 1.76. The fourth-order valence-corrected chi connectivity index (χ4v) is 3.61. The predicted octanol–water partition coefficient (Wildman–Crippen LogP) is 2.67. The average molecular weight is 263 g/mol. The van der Waals surface area contributed by atoms with E-state index in [0.717, 1.165) is 32.2 Å². The third kappa shape index (κ3) is 2.09. The van der Waals surface area contributed by atoms with Crippen LogP contribution in [0.15, 0.2) is 29.2 Å². The second kappa shape index (κ2) is 4.87. The Kier molecular flexibility index (Phi) is 3.39. The van der Waals surface area contributed by atoms with Crippen LogP contribution < -0.4 is 5.32 Å². The second-order valence-electron chi connectivity index (χ2n) is 5.70. The van der Waals surface area contributed by atoms with Crippen LogP contribution in [0.1, 0.15) is 19.4 Å². The van der Waals surface area contributed by atoms with Crippen molar-refractivity contribution >= 4 is 11.8 Å². The lowest BCUT2D eigenvalue weighted by atomic mass is 9.66. The number of thioether (sulfide) groups is 1. The van der Waals surface area contributed by atoms with Gasteiger partial charge in [-0.25, -0.2) is 0 Å². The van der Waals surface area contributed by atoms with E-state index in [2.05, 4.69) is 43.4 Å². The Bertz CT molecular complexity index is 407. The van der Waals surface area contributed by atoms with Crippen molar-refractivity contribution in [3.63, 3.8) is 0 Å². The van der Waals surface area contributed by atoms with Gasteiger partial charge in [-0.15, -0.1) is 11.8 Å². The summed E-state index contributed by atoms with van der Waals surface area (Å²) in [5.74, 6) is 0.759. The lowest BCUT2D eigenvalue weighted by Gasteiger charge is -2.51. The van der Waals surface area contributed by atoms with Crippen LogP contribution >= 0.6 is 11.8 Å². The van der Waals surface area contributed by atoms with Gasteiger partial charge in [0.05, 0.1) is 13.2 Å². The molecule has 1 aromatic rings. The van der Waals surface area contributed by atoms with Crippen LogP contribution in [-0.4, -0.2) is 31.6 Å². The highest BCUT2D eigenvalue weighted by Gasteiger charge is 2.49. The normalized spacial score (nSPS) is 22.6. The quantitative estimate of drug-likeness (QED) is 0.844. The van der Waals surface area contributed by atoms with Crippen molar-refractivity contribution in [1.29, 1.82) is 0 Å². The topological polar surface area (TPSA) is 21.3 Å². The Balaban J connectivity index is 1.78. The van der Waals surface area contributed by atoms with Crippen LogP contribution in [0.2, 0.25) is 0 Å². The van der Waals surface area contributed by atoms with Gasteiger partial charge in [0.25, 0.3) is 0 Å². The smallest absolute Gasteiger partial charge is 0.0589 e. The van der Waals surface area contributed by atoms with Crippen LogP contribution in [0.3, 0.4) is 0 Å². The third-order valence-corrected chi connectivity index (χ3v) is 5.10. The number of hydrogen-bond acceptors (Lipinski definition) is 3. The van der Waals surface area contributed by atoms with E-state index < -0.39 is 0 Å². The molecule has 0 atom stereocenters. The molecule has 0 unspecified atom stereocenters. The summed E-state index contributed by atoms with van der Waals surface area (Å²) in [4.78, 5) is 1.37. The van der Waals surface area contributed by atoms with Gasteiger partial charge in [-0.05, 0) is 23.6 Å². The third-order valence-electron chi connectivity index (χ3n) is 4.08. The molecule has 2 aliphatic heterocycles. The van der Waals surface area contributed by atoms with Crippen LogP contribution in [0.25, 0.3) is 0 Å². The first-order chi connectivity index (χ1) is 8.71. The molecular weight excluding hydrogens is 242 g/mol. The first kappa shape index (κ1) is 12.5. The van der Waals surface area contributed by atoms with Crippen molar-refractivity contribution in [3.8, 4) is 0 Å². The molecule has 0 aliphatic carbocycles. The van der Waals surface area contributed by atoms with E-state index >= 15 is 0 Å². The molecule has 2 heterocycles. The molecule has 0 bridgehead atoms. The number of rotatable bonds is 4. The Morgan fingerprint density at radius 2 is 1.89 bits per heavy atom. The molecule has 0 amide bonds. The molecule has 2 saturated heterocycles. The Hall–Kier alpha value is -0.510. The van der Waals surface area contributed by atoms with Gasteiger partial charge in [0, 0.05) is 28.6 Å². The Labute approximate surface area is 113 Å². The monoisotopic (exact) mass is 263 g/mol. The molecular formula is C15H21NOS. The SMILES string of the molecule is CC(C)Sc1ccc(C2(C3CNC3)COC2)cc1. The molecule has 3 rings (SSSR count). The molecule has 98 valence electrons. The highest BCUT2D eigenvalue weighted by Crippen LogP contribution is 2.41. The van der Waals surface area contributed by atoms with Gasteiger partial charge in [-0.1, -0.05) is 26.0 Å². The standard InChI is InChI=1S/C15H21NOS/c1-11(2)18-14-5-3-12(4-6-14)15(9-17-10-15)13-7-16-8-13/h3-6,11,13,16H,7-10H2,1-2H3. The van der Waals surface area contributed by atoms with Gasteiger partial charge in [-0.2, -0.15) is 0 Å². The molecule has 18 heavy (non-hydrogen) atoms. The molecule has 0 radical (unpaired) electrons. The van der Waals surface area contributed by atoms with E-state index in [4.69, 9.17) is 4.74 Å². The summed E-state index contributed by atoms with van der Waals surface area (Å²) in [6.45, 7) is 8.56. The average Bonchev–Trinajstić information content (AvgIpc) is 2.21. The summed E-state index contributed by atoms with van der Waals surface area (Å²) in [5, 5.41) is 4.03. The number of ether oxygens (including phenoxy) is 1. The molecule has 1 N–H and O–H groups in total. The van der Waals surface area contributed by atoms with Crippen molar-refractivity contribution in [2.45, 2.75) is 29.4 Å². The minimum atomic E-state index is 0.298. The maximum atomic E-state index is 5.51. The second-order valence-corrected chi connectivity index (χ2v) is 7.35. The summed E-state index contributed by atoms with van der Waals surface area (Å²) in [6.07, 6.45) is 0. The number of hydrogen-bond donors (Lipinski definition) is 1. The van der Waals surface area contributed by atoms with E-state index in [1.807, 2.05) is 11.8 Å². The summed E-state index contributed by atoms with van der Waals surface area (Å²) in [7, 11) is 0. The maximum absolute atomic E-state index is 5.51. The first-order valence-electron chi connectivity index (χ1n) is 6.76. The minimum absolute atomic E-state index is 0.298. The van der Waals surface area contributed by atoms with E-state index in [0.29, 0.717) is 10.7 Å². The number of benzene rings is 1. The molecule has 0 saturated carbocycles. The van der Waals surface area contributed by atoms with Crippen molar-refractivity contribution in [1.82, 2.24) is 5.32 Å². The van der Waals surface area contributed by atoms with Crippen molar-refractivity contribution < 1.29 is 4.74 Å². The molecule has 1 aromatic carbocycles. The zero-order chi connectivity index (χ0) is 12.6. The zero-order valence-corrected chi connectivity index (χ0v) is 11.9. The van der Waals surface area contributed by atoms with Gasteiger partial charge >= 0.3 is 0 Å². The highest BCUT2D eigenvalue weighted by molar-refractivity contribution is 7.99. The molecule has 0 spiro atoms. The van der Waals surface area contributed by atoms with Crippen molar-refractivity contribution in [3.05, 3.63) is 29.8 Å². The molecule has 3 heteroatoms. The van der Waals surface area contributed by atoms with Crippen LogP contribution in [0, 0.1) is 5.92 Å². The maximum Gasteiger partial charge on any atom is 0.0589 e. The van der Waals surface area contributed by atoms with Crippen LogP contribution in [0.4, 0.5) is 0 Å². The van der Waals surface area contributed by atoms with Gasteiger partial charge in [0.2, 0.25) is 0 Å². The van der Waals surface area contributed by atoms with Gasteiger partial charge in [-0.3, -0.25) is 0 Å². The molecule has 2 aliphatic rings. The van der Waals surface area contributed by atoms with E-state index in [1.165, 1.54) is 10.5 Å². The first-order valence-corrected chi connectivity index (χ1v) is 7.64.